The van der Waals surface area contributed by atoms with Crippen molar-refractivity contribution in [1.82, 2.24) is 9.55 Å². The van der Waals surface area contributed by atoms with Gasteiger partial charge in [-0.2, -0.15) is 0 Å². The molecule has 0 aliphatic heterocycles. The van der Waals surface area contributed by atoms with Gasteiger partial charge >= 0.3 is 0 Å². The Labute approximate surface area is 141 Å². The first-order chi connectivity index (χ1) is 11.6. The maximum atomic E-state index is 12.7. The zero-order valence-corrected chi connectivity index (χ0v) is 13.4. The average molecular weight is 339 g/mol. The Hall–Kier alpha value is -2.93. The predicted octanol–water partition coefficient (Wildman–Crippen LogP) is 3.64. The van der Waals surface area contributed by atoms with Crippen LogP contribution in [-0.2, 0) is 6.54 Å². The van der Waals surface area contributed by atoms with Gasteiger partial charge in [-0.15, -0.1) is 6.58 Å². The van der Waals surface area contributed by atoms with Gasteiger partial charge in [-0.1, -0.05) is 30.3 Å². The minimum Gasteiger partial charge on any atom is -0.283 e. The molecule has 3 rings (SSSR count). The lowest BCUT2D eigenvalue weighted by Gasteiger charge is -2.11. The summed E-state index contributed by atoms with van der Waals surface area (Å²) in [5.41, 5.74) is 0.348. The van der Waals surface area contributed by atoms with Crippen molar-refractivity contribution in [3.8, 4) is 0 Å². The Bertz CT molecular complexity index is 998. The number of allylic oxidation sites excluding steroid dienone is 1. The van der Waals surface area contributed by atoms with E-state index in [9.17, 15) is 14.9 Å². The summed E-state index contributed by atoms with van der Waals surface area (Å²) in [4.78, 5) is 28.4. The summed E-state index contributed by atoms with van der Waals surface area (Å²) in [5, 5.41) is 12.1. The first-order valence-corrected chi connectivity index (χ1v) is 7.95. The monoisotopic (exact) mass is 339 g/mol. The molecule has 120 valence electrons. The second-order valence-electron chi connectivity index (χ2n) is 4.94. The fourth-order valence-electron chi connectivity index (χ4n) is 2.31. The molecule has 0 saturated carbocycles. The topological polar surface area (TPSA) is 78.0 Å². The number of rotatable bonds is 5. The van der Waals surface area contributed by atoms with Crippen LogP contribution in [0.1, 0.15) is 0 Å². The molecule has 0 atom stereocenters. The fourth-order valence-corrected chi connectivity index (χ4v) is 3.31. The van der Waals surface area contributed by atoms with Crippen LogP contribution in [0.25, 0.3) is 10.9 Å². The third-order valence-electron chi connectivity index (χ3n) is 3.40. The molecule has 3 aromatic rings. The Kier molecular flexibility index (Phi) is 4.43. The van der Waals surface area contributed by atoms with E-state index in [1.54, 1.807) is 48.5 Å². The van der Waals surface area contributed by atoms with Crippen molar-refractivity contribution in [2.24, 2.45) is 0 Å². The molecule has 1 aromatic heterocycles. The van der Waals surface area contributed by atoms with Gasteiger partial charge in [-0.05, 0) is 30.0 Å². The van der Waals surface area contributed by atoms with Crippen LogP contribution in [0.5, 0.6) is 0 Å². The lowest BCUT2D eigenvalue weighted by atomic mass is 10.2. The van der Waals surface area contributed by atoms with Gasteiger partial charge in [0, 0.05) is 12.6 Å². The minimum atomic E-state index is -0.445. The summed E-state index contributed by atoms with van der Waals surface area (Å²) in [6, 6.07) is 13.4. The number of benzene rings is 2. The standard InChI is InChI=1S/C17H13N3O3S/c1-2-11-19-16(21)12-7-3-4-8-13(12)18-17(19)24-15-10-6-5-9-14(15)20(22)23/h2-10H,1,11H2. The molecular weight excluding hydrogens is 326 g/mol. The zero-order chi connectivity index (χ0) is 17.1. The molecule has 0 radical (unpaired) electrons. The molecule has 0 amide bonds. The van der Waals surface area contributed by atoms with E-state index in [-0.39, 0.29) is 17.8 Å². The number of nitro groups is 1. The smallest absolute Gasteiger partial charge is 0.283 e. The quantitative estimate of drug-likeness (QED) is 0.307. The Morgan fingerprint density at radius 1 is 1.21 bits per heavy atom. The molecule has 1 heterocycles. The fraction of sp³-hybridized carbons (Fsp3) is 0.0588. The first-order valence-electron chi connectivity index (χ1n) is 7.13. The molecular formula is C17H13N3O3S. The number of hydrogen-bond acceptors (Lipinski definition) is 5. The highest BCUT2D eigenvalue weighted by Gasteiger charge is 2.17. The van der Waals surface area contributed by atoms with Crippen LogP contribution in [0.4, 0.5) is 5.69 Å². The second-order valence-corrected chi connectivity index (χ2v) is 5.95. The Balaban J connectivity index is 2.19. The van der Waals surface area contributed by atoms with Crippen molar-refractivity contribution in [2.75, 3.05) is 0 Å². The molecule has 0 aliphatic rings. The maximum Gasteiger partial charge on any atom is 0.283 e. The Morgan fingerprint density at radius 3 is 2.67 bits per heavy atom. The van der Waals surface area contributed by atoms with Crippen LogP contribution in [0.3, 0.4) is 0 Å². The molecule has 0 fully saturated rings. The zero-order valence-electron chi connectivity index (χ0n) is 12.6. The maximum absolute atomic E-state index is 12.7. The van der Waals surface area contributed by atoms with Crippen LogP contribution >= 0.6 is 11.8 Å². The summed E-state index contributed by atoms with van der Waals surface area (Å²) in [6.07, 6.45) is 1.60. The highest BCUT2D eigenvalue weighted by Crippen LogP contribution is 2.33. The molecule has 0 aliphatic carbocycles. The van der Waals surface area contributed by atoms with E-state index in [1.807, 2.05) is 0 Å². The summed E-state index contributed by atoms with van der Waals surface area (Å²) in [7, 11) is 0. The van der Waals surface area contributed by atoms with Gasteiger partial charge in [0.1, 0.15) is 0 Å². The van der Waals surface area contributed by atoms with Crippen molar-refractivity contribution in [1.29, 1.82) is 0 Å². The van der Waals surface area contributed by atoms with Gasteiger partial charge < -0.3 is 0 Å². The van der Waals surface area contributed by atoms with Crippen molar-refractivity contribution in [3.05, 3.63) is 81.7 Å². The largest absolute Gasteiger partial charge is 0.283 e. The lowest BCUT2D eigenvalue weighted by Crippen LogP contribution is -2.22. The molecule has 0 saturated heterocycles. The van der Waals surface area contributed by atoms with Gasteiger partial charge in [0.05, 0.1) is 20.7 Å². The molecule has 0 bridgehead atoms. The van der Waals surface area contributed by atoms with Crippen LogP contribution < -0.4 is 5.56 Å². The third-order valence-corrected chi connectivity index (χ3v) is 4.46. The van der Waals surface area contributed by atoms with E-state index in [2.05, 4.69) is 11.6 Å². The third kappa shape index (κ3) is 2.93. The SMILES string of the molecule is C=CCn1c(Sc2ccccc2[N+](=O)[O-])nc2ccccc2c1=O. The number of para-hydroxylation sites is 2. The highest BCUT2D eigenvalue weighted by molar-refractivity contribution is 7.99. The average Bonchev–Trinajstić information content (AvgIpc) is 2.58. The molecule has 0 spiro atoms. The number of aromatic nitrogens is 2. The van der Waals surface area contributed by atoms with Gasteiger partial charge in [0.2, 0.25) is 0 Å². The lowest BCUT2D eigenvalue weighted by molar-refractivity contribution is -0.387. The summed E-state index contributed by atoms with van der Waals surface area (Å²) in [5.74, 6) is 0. The van der Waals surface area contributed by atoms with Crippen molar-refractivity contribution < 1.29 is 4.92 Å². The molecule has 24 heavy (non-hydrogen) atoms. The van der Waals surface area contributed by atoms with Gasteiger partial charge in [0.25, 0.3) is 11.2 Å². The number of hydrogen-bond donors (Lipinski definition) is 0. The summed E-state index contributed by atoms with van der Waals surface area (Å²) in [6.45, 7) is 3.94. The highest BCUT2D eigenvalue weighted by atomic mass is 32.2. The van der Waals surface area contributed by atoms with E-state index >= 15 is 0 Å². The molecule has 0 N–H and O–H groups in total. The van der Waals surface area contributed by atoms with E-state index in [1.165, 1.54) is 10.6 Å². The van der Waals surface area contributed by atoms with Crippen molar-refractivity contribution in [3.63, 3.8) is 0 Å². The predicted molar refractivity (Wildman–Crippen MR) is 93.4 cm³/mol. The summed E-state index contributed by atoms with van der Waals surface area (Å²) < 4.78 is 1.47. The van der Waals surface area contributed by atoms with Gasteiger partial charge in [-0.25, -0.2) is 4.98 Å². The van der Waals surface area contributed by atoms with E-state index in [4.69, 9.17) is 0 Å². The van der Waals surface area contributed by atoms with E-state index < -0.39 is 4.92 Å². The van der Waals surface area contributed by atoms with Crippen LogP contribution in [-0.4, -0.2) is 14.5 Å². The normalized spacial score (nSPS) is 10.7. The molecule has 7 heteroatoms. The van der Waals surface area contributed by atoms with Crippen LogP contribution in [0, 0.1) is 10.1 Å². The van der Waals surface area contributed by atoms with Gasteiger partial charge in [-0.3, -0.25) is 19.5 Å². The number of fused-ring (bicyclic) bond motifs is 1. The van der Waals surface area contributed by atoms with E-state index in [0.717, 1.165) is 11.8 Å². The second kappa shape index (κ2) is 6.67. The van der Waals surface area contributed by atoms with Gasteiger partial charge in [0.15, 0.2) is 5.16 Å². The van der Waals surface area contributed by atoms with Crippen molar-refractivity contribution >= 4 is 28.4 Å². The summed E-state index contributed by atoms with van der Waals surface area (Å²) >= 11 is 1.10. The molecule has 0 unspecified atom stereocenters. The molecule has 2 aromatic carbocycles. The number of nitro benzene ring substituents is 1. The number of nitrogens with zero attached hydrogens (tertiary/aromatic N) is 3. The minimum absolute atomic E-state index is 0.0185. The van der Waals surface area contributed by atoms with E-state index in [0.29, 0.717) is 21.0 Å². The molecule has 6 nitrogen and oxygen atoms in total. The van der Waals surface area contributed by atoms with Crippen LogP contribution in [0.15, 0.2) is 76.0 Å². The Morgan fingerprint density at radius 2 is 1.92 bits per heavy atom. The van der Waals surface area contributed by atoms with Crippen molar-refractivity contribution in [2.45, 2.75) is 16.6 Å². The first kappa shape index (κ1) is 15.9. The van der Waals surface area contributed by atoms with Crippen LogP contribution in [0.2, 0.25) is 0 Å².